The van der Waals surface area contributed by atoms with Gasteiger partial charge in [0.25, 0.3) is 0 Å². The number of ether oxygens (including phenoxy) is 2. The Morgan fingerprint density at radius 2 is 2.22 bits per heavy atom. The number of nitrogens with zero attached hydrogens (tertiary/aromatic N) is 2. The molecule has 124 valence electrons. The summed E-state index contributed by atoms with van der Waals surface area (Å²) in [6.45, 7) is 0.234. The van der Waals surface area contributed by atoms with Crippen LogP contribution in [-0.4, -0.2) is 53.9 Å². The van der Waals surface area contributed by atoms with Gasteiger partial charge in [0.05, 0.1) is 6.61 Å². The number of carbonyl (C=O) groups excluding carboxylic acids is 1. The van der Waals surface area contributed by atoms with Gasteiger partial charge in [-0.3, -0.25) is 0 Å². The van der Waals surface area contributed by atoms with Gasteiger partial charge >= 0.3 is 0 Å². The lowest BCUT2D eigenvalue weighted by molar-refractivity contribution is -0.199. The number of amidine groups is 1. The van der Waals surface area contributed by atoms with Gasteiger partial charge in [-0.15, -0.1) is 0 Å². The first-order valence-electron chi connectivity index (χ1n) is 7.41. The SMILES string of the molecule is CN(C)C1=NC2(OCc3ccccc3)C(F)CC(C=O)OC2S1. The molecule has 3 rings (SSSR count). The van der Waals surface area contributed by atoms with Crippen LogP contribution in [-0.2, 0) is 20.9 Å². The Labute approximate surface area is 138 Å². The van der Waals surface area contributed by atoms with Crippen molar-refractivity contribution in [2.24, 2.45) is 4.99 Å². The number of fused-ring (bicyclic) bond motifs is 1. The first-order chi connectivity index (χ1) is 11.0. The molecule has 0 radical (unpaired) electrons. The van der Waals surface area contributed by atoms with Crippen molar-refractivity contribution in [2.75, 3.05) is 14.1 Å². The van der Waals surface area contributed by atoms with Gasteiger partial charge in [0.15, 0.2) is 16.8 Å². The van der Waals surface area contributed by atoms with Gasteiger partial charge in [0, 0.05) is 20.5 Å². The molecule has 2 aliphatic rings. The molecule has 0 aliphatic carbocycles. The number of thioether (sulfide) groups is 1. The van der Waals surface area contributed by atoms with E-state index in [4.69, 9.17) is 9.47 Å². The smallest absolute Gasteiger partial charge is 0.229 e. The highest BCUT2D eigenvalue weighted by Crippen LogP contribution is 2.46. The zero-order chi connectivity index (χ0) is 16.4. The molecule has 7 heteroatoms. The van der Waals surface area contributed by atoms with E-state index in [1.54, 1.807) is 4.90 Å². The van der Waals surface area contributed by atoms with Crippen molar-refractivity contribution in [1.82, 2.24) is 4.90 Å². The highest BCUT2D eigenvalue weighted by Gasteiger charge is 2.58. The molecule has 1 aromatic rings. The average Bonchev–Trinajstić information content (AvgIpc) is 2.94. The van der Waals surface area contributed by atoms with Gasteiger partial charge in [-0.25, -0.2) is 9.38 Å². The van der Waals surface area contributed by atoms with E-state index in [2.05, 4.69) is 4.99 Å². The second kappa shape index (κ2) is 6.59. The molecule has 0 bridgehead atoms. The highest BCUT2D eigenvalue weighted by atomic mass is 32.2. The van der Waals surface area contributed by atoms with Gasteiger partial charge in [-0.2, -0.15) is 0 Å². The Morgan fingerprint density at radius 1 is 1.48 bits per heavy atom. The molecule has 0 N–H and O–H groups in total. The third-order valence-corrected chi connectivity index (χ3v) is 5.18. The van der Waals surface area contributed by atoms with Crippen molar-refractivity contribution in [3.05, 3.63) is 35.9 Å². The zero-order valence-electron chi connectivity index (χ0n) is 13.0. The maximum atomic E-state index is 14.9. The van der Waals surface area contributed by atoms with Crippen LogP contribution in [0.5, 0.6) is 0 Å². The fourth-order valence-electron chi connectivity index (χ4n) is 2.60. The maximum Gasteiger partial charge on any atom is 0.229 e. The fourth-order valence-corrected chi connectivity index (χ4v) is 3.83. The fraction of sp³-hybridized carbons (Fsp3) is 0.500. The second-order valence-electron chi connectivity index (χ2n) is 5.78. The van der Waals surface area contributed by atoms with E-state index >= 15 is 0 Å². The number of rotatable bonds is 4. The van der Waals surface area contributed by atoms with E-state index in [0.717, 1.165) is 5.56 Å². The summed E-state index contributed by atoms with van der Waals surface area (Å²) in [5.41, 5.74) is -1.13. The molecule has 23 heavy (non-hydrogen) atoms. The number of hydrogen-bond acceptors (Lipinski definition) is 6. The van der Waals surface area contributed by atoms with Gasteiger partial charge < -0.3 is 19.2 Å². The van der Waals surface area contributed by atoms with E-state index in [1.165, 1.54) is 11.8 Å². The predicted molar refractivity (Wildman–Crippen MR) is 86.9 cm³/mol. The molecular weight excluding hydrogens is 319 g/mol. The molecule has 5 nitrogen and oxygen atoms in total. The average molecular weight is 338 g/mol. The number of halogens is 1. The van der Waals surface area contributed by atoms with E-state index in [0.29, 0.717) is 11.5 Å². The normalized spacial score (nSPS) is 33.0. The van der Waals surface area contributed by atoms with Crippen molar-refractivity contribution in [3.63, 3.8) is 0 Å². The number of alkyl halides is 1. The first-order valence-corrected chi connectivity index (χ1v) is 8.29. The van der Waals surface area contributed by atoms with Crippen molar-refractivity contribution >= 4 is 23.2 Å². The summed E-state index contributed by atoms with van der Waals surface area (Å²) in [6.07, 6.45) is -1.56. The minimum Gasteiger partial charge on any atom is -0.357 e. The summed E-state index contributed by atoms with van der Waals surface area (Å²) in [4.78, 5) is 17.3. The van der Waals surface area contributed by atoms with Crippen molar-refractivity contribution < 1.29 is 18.7 Å². The summed E-state index contributed by atoms with van der Waals surface area (Å²) in [5, 5.41) is 0.636. The number of aliphatic imine (C=N–C) groups is 1. The lowest BCUT2D eigenvalue weighted by atomic mass is 9.99. The van der Waals surface area contributed by atoms with Crippen LogP contribution in [0.2, 0.25) is 0 Å². The van der Waals surface area contributed by atoms with Gasteiger partial charge in [0.1, 0.15) is 12.4 Å². The standard InChI is InChI=1S/C16H19FN2O3S/c1-19(2)15-18-16(21-10-11-6-4-3-5-7-11)13(17)8-12(9-20)22-14(16)23-15/h3-7,9,12-14H,8,10H2,1-2H3. The molecule has 0 saturated carbocycles. The Kier molecular flexibility index (Phi) is 4.70. The van der Waals surface area contributed by atoms with Crippen LogP contribution >= 0.6 is 11.8 Å². The quantitative estimate of drug-likeness (QED) is 0.788. The Morgan fingerprint density at radius 3 is 2.87 bits per heavy atom. The Bertz CT molecular complexity index is 598. The van der Waals surface area contributed by atoms with Gasteiger partial charge in [-0.05, 0) is 5.56 Å². The van der Waals surface area contributed by atoms with Crippen LogP contribution in [0.4, 0.5) is 4.39 Å². The summed E-state index contributed by atoms with van der Waals surface area (Å²) in [7, 11) is 3.66. The van der Waals surface area contributed by atoms with Crippen LogP contribution in [0.3, 0.4) is 0 Å². The van der Waals surface area contributed by atoms with Crippen LogP contribution in [0.1, 0.15) is 12.0 Å². The molecular formula is C16H19FN2O3S. The van der Waals surface area contributed by atoms with Gasteiger partial charge in [-0.1, -0.05) is 42.1 Å². The van der Waals surface area contributed by atoms with Crippen LogP contribution in [0.25, 0.3) is 0 Å². The van der Waals surface area contributed by atoms with Gasteiger partial charge in [0.2, 0.25) is 5.72 Å². The van der Waals surface area contributed by atoms with E-state index in [9.17, 15) is 9.18 Å². The van der Waals surface area contributed by atoms with Crippen LogP contribution in [0.15, 0.2) is 35.3 Å². The third kappa shape index (κ3) is 3.13. The van der Waals surface area contributed by atoms with E-state index in [-0.39, 0.29) is 13.0 Å². The topological polar surface area (TPSA) is 51.1 Å². The lowest BCUT2D eigenvalue weighted by Gasteiger charge is -2.40. The number of hydrogen-bond donors (Lipinski definition) is 0. The monoisotopic (exact) mass is 338 g/mol. The highest BCUT2D eigenvalue weighted by molar-refractivity contribution is 8.14. The van der Waals surface area contributed by atoms with E-state index < -0.39 is 23.4 Å². The molecule has 4 unspecified atom stereocenters. The number of benzene rings is 1. The number of aldehydes is 1. The molecule has 0 aromatic heterocycles. The summed E-state index contributed by atoms with van der Waals surface area (Å²) in [5.74, 6) is 0. The van der Waals surface area contributed by atoms with E-state index in [1.807, 2.05) is 44.4 Å². The molecule has 4 atom stereocenters. The molecule has 1 saturated heterocycles. The van der Waals surface area contributed by atoms with Crippen molar-refractivity contribution in [3.8, 4) is 0 Å². The summed E-state index contributed by atoms with van der Waals surface area (Å²) >= 11 is 1.29. The summed E-state index contributed by atoms with van der Waals surface area (Å²) in [6, 6.07) is 9.54. The zero-order valence-corrected chi connectivity index (χ0v) is 13.8. The van der Waals surface area contributed by atoms with Crippen molar-refractivity contribution in [1.29, 1.82) is 0 Å². The largest absolute Gasteiger partial charge is 0.357 e. The van der Waals surface area contributed by atoms with Crippen molar-refractivity contribution in [2.45, 2.75) is 36.5 Å². The lowest BCUT2D eigenvalue weighted by Crippen LogP contribution is -2.55. The molecule has 2 aliphatic heterocycles. The Balaban J connectivity index is 1.85. The molecule has 1 aromatic carbocycles. The minimum atomic E-state index is -1.40. The van der Waals surface area contributed by atoms with Crippen LogP contribution < -0.4 is 0 Å². The maximum absolute atomic E-state index is 14.9. The summed E-state index contributed by atoms with van der Waals surface area (Å²) < 4.78 is 26.5. The first kappa shape index (κ1) is 16.4. The minimum absolute atomic E-state index is 0.0421. The molecule has 0 spiro atoms. The third-order valence-electron chi connectivity index (χ3n) is 3.85. The Hall–Kier alpha value is -1.44. The predicted octanol–water partition coefficient (Wildman–Crippen LogP) is 2.22. The second-order valence-corrected chi connectivity index (χ2v) is 6.81. The van der Waals surface area contributed by atoms with Crippen LogP contribution in [0, 0.1) is 0 Å². The molecule has 2 heterocycles. The molecule has 0 amide bonds. The number of carbonyl (C=O) groups is 1. The molecule has 1 fully saturated rings.